The van der Waals surface area contributed by atoms with Crippen molar-refractivity contribution in [2.45, 2.75) is 0 Å². The number of nitrogens with zero attached hydrogens (tertiary/aromatic N) is 1. The van der Waals surface area contributed by atoms with Gasteiger partial charge in [-0.15, -0.1) is 23.2 Å². The van der Waals surface area contributed by atoms with Crippen LogP contribution in [0.4, 0.5) is 5.69 Å². The third-order valence-corrected chi connectivity index (χ3v) is 7.63. The van der Waals surface area contributed by atoms with Gasteiger partial charge in [-0.25, -0.2) is 16.8 Å². The van der Waals surface area contributed by atoms with Crippen LogP contribution in [0, 0.1) is 0 Å². The molecule has 0 fully saturated rings. The van der Waals surface area contributed by atoms with E-state index in [-0.39, 0.29) is 53.4 Å². The van der Waals surface area contributed by atoms with Crippen molar-refractivity contribution in [3.8, 4) is 0 Å². The van der Waals surface area contributed by atoms with Crippen LogP contribution in [0.25, 0.3) is 0 Å². The monoisotopic (exact) mass is 444 g/mol. The molecule has 0 atom stereocenters. The molecule has 0 aliphatic carbocycles. The van der Waals surface area contributed by atoms with Gasteiger partial charge in [0.1, 0.15) is 0 Å². The molecule has 1 aromatic carbocycles. The Labute approximate surface area is 164 Å². The van der Waals surface area contributed by atoms with Crippen LogP contribution in [-0.4, -0.2) is 75.5 Å². The SMILES string of the molecule is Nc1cccc(C(=O)N(CCS(=O)(=O)CCCl)CCS(=O)(=O)CCCl)c1. The maximum atomic E-state index is 12.7. The zero-order valence-corrected chi connectivity index (χ0v) is 17.2. The topological polar surface area (TPSA) is 115 Å². The Morgan fingerprint density at radius 3 is 1.85 bits per heavy atom. The largest absolute Gasteiger partial charge is 0.399 e. The minimum atomic E-state index is -3.44. The Hall–Kier alpha value is -1.03. The van der Waals surface area contributed by atoms with E-state index < -0.39 is 25.6 Å². The van der Waals surface area contributed by atoms with Crippen molar-refractivity contribution < 1.29 is 21.6 Å². The molecule has 26 heavy (non-hydrogen) atoms. The highest BCUT2D eigenvalue weighted by Gasteiger charge is 2.21. The zero-order valence-electron chi connectivity index (χ0n) is 14.1. The Kier molecular flexibility index (Phi) is 9.15. The lowest BCUT2D eigenvalue weighted by Crippen LogP contribution is -2.39. The van der Waals surface area contributed by atoms with Crippen molar-refractivity contribution in [1.82, 2.24) is 4.90 Å². The van der Waals surface area contributed by atoms with Gasteiger partial charge in [-0.2, -0.15) is 0 Å². The Balaban J connectivity index is 2.95. The van der Waals surface area contributed by atoms with Gasteiger partial charge >= 0.3 is 0 Å². The van der Waals surface area contributed by atoms with Gasteiger partial charge in [0.15, 0.2) is 19.7 Å². The fourth-order valence-electron chi connectivity index (χ4n) is 2.11. The molecule has 0 aliphatic heterocycles. The average Bonchev–Trinajstić information content (AvgIpc) is 2.54. The van der Waals surface area contributed by atoms with Gasteiger partial charge in [0.05, 0.1) is 23.0 Å². The molecular weight excluding hydrogens is 423 g/mol. The average molecular weight is 445 g/mol. The number of anilines is 1. The molecular formula is C15H22Cl2N2O5S2. The van der Waals surface area contributed by atoms with E-state index in [1.807, 2.05) is 0 Å². The predicted octanol–water partition coefficient (Wildman–Crippen LogP) is 1.02. The van der Waals surface area contributed by atoms with Gasteiger partial charge in [0.2, 0.25) is 0 Å². The highest BCUT2D eigenvalue weighted by atomic mass is 35.5. The molecule has 148 valence electrons. The second-order valence-electron chi connectivity index (χ2n) is 5.60. The standard InChI is InChI=1S/C15H22Cl2N2O5S2/c16-4-8-25(21,22)10-6-19(7-11-26(23,24)9-5-17)15(20)13-2-1-3-14(18)12-13/h1-3,12H,4-11,18H2. The Morgan fingerprint density at radius 2 is 1.42 bits per heavy atom. The van der Waals surface area contributed by atoms with Crippen molar-refractivity contribution in [2.75, 3.05) is 53.6 Å². The van der Waals surface area contributed by atoms with Crippen molar-refractivity contribution in [3.63, 3.8) is 0 Å². The Bertz CT molecular complexity index is 773. The molecule has 0 unspecified atom stereocenters. The lowest BCUT2D eigenvalue weighted by Gasteiger charge is -2.23. The predicted molar refractivity (Wildman–Crippen MR) is 106 cm³/mol. The number of carbonyl (C=O) groups is 1. The van der Waals surface area contributed by atoms with Crippen LogP contribution >= 0.6 is 23.2 Å². The number of hydrogen-bond acceptors (Lipinski definition) is 6. The molecule has 11 heteroatoms. The maximum absolute atomic E-state index is 12.7. The number of halogens is 2. The molecule has 0 radical (unpaired) electrons. The van der Waals surface area contributed by atoms with Gasteiger partial charge in [-0.3, -0.25) is 4.79 Å². The quantitative estimate of drug-likeness (QED) is 0.402. The first-order valence-corrected chi connectivity index (χ1v) is 12.5. The summed E-state index contributed by atoms with van der Waals surface area (Å²) in [5.41, 5.74) is 6.30. The smallest absolute Gasteiger partial charge is 0.253 e. The molecule has 2 N–H and O–H groups in total. The number of amides is 1. The van der Waals surface area contributed by atoms with Crippen LogP contribution in [-0.2, 0) is 19.7 Å². The van der Waals surface area contributed by atoms with Crippen molar-refractivity contribution in [3.05, 3.63) is 29.8 Å². The Morgan fingerprint density at radius 1 is 0.923 bits per heavy atom. The van der Waals surface area contributed by atoms with E-state index in [1.165, 1.54) is 17.0 Å². The van der Waals surface area contributed by atoms with Crippen LogP contribution in [0.2, 0.25) is 0 Å². The maximum Gasteiger partial charge on any atom is 0.253 e. The molecule has 7 nitrogen and oxygen atoms in total. The van der Waals surface area contributed by atoms with Gasteiger partial charge in [0.25, 0.3) is 5.91 Å². The minimum absolute atomic E-state index is 0.0460. The minimum Gasteiger partial charge on any atom is -0.399 e. The summed E-state index contributed by atoms with van der Waals surface area (Å²) in [5.74, 6) is -1.60. The molecule has 1 rings (SSSR count). The molecule has 0 aromatic heterocycles. The normalized spacial score (nSPS) is 12.1. The summed E-state index contributed by atoms with van der Waals surface area (Å²) in [7, 11) is -6.87. The number of sulfone groups is 2. The van der Waals surface area contributed by atoms with E-state index in [1.54, 1.807) is 12.1 Å². The van der Waals surface area contributed by atoms with E-state index in [4.69, 9.17) is 28.9 Å². The number of nitrogens with two attached hydrogens (primary N) is 1. The van der Waals surface area contributed by atoms with Crippen LogP contribution in [0.5, 0.6) is 0 Å². The molecule has 0 bridgehead atoms. The van der Waals surface area contributed by atoms with E-state index >= 15 is 0 Å². The fraction of sp³-hybridized carbons (Fsp3) is 0.533. The summed E-state index contributed by atoms with van der Waals surface area (Å²) in [6.07, 6.45) is 0. The van der Waals surface area contributed by atoms with E-state index in [0.717, 1.165) is 0 Å². The number of nitrogen functional groups attached to an aromatic ring is 1. The zero-order chi connectivity index (χ0) is 19.8. The third kappa shape index (κ3) is 8.11. The molecule has 1 aromatic rings. The second kappa shape index (κ2) is 10.3. The summed E-state index contributed by atoms with van der Waals surface area (Å²) >= 11 is 10.9. The van der Waals surface area contributed by atoms with Crippen molar-refractivity contribution >= 4 is 54.5 Å². The van der Waals surface area contributed by atoms with Crippen LogP contribution in [0.15, 0.2) is 24.3 Å². The van der Waals surface area contributed by atoms with Crippen molar-refractivity contribution in [2.24, 2.45) is 0 Å². The number of benzene rings is 1. The molecule has 0 saturated carbocycles. The van der Waals surface area contributed by atoms with Gasteiger partial charge < -0.3 is 10.6 Å². The van der Waals surface area contributed by atoms with Crippen LogP contribution in [0.1, 0.15) is 10.4 Å². The lowest BCUT2D eigenvalue weighted by atomic mass is 10.2. The highest BCUT2D eigenvalue weighted by Crippen LogP contribution is 2.11. The molecule has 0 heterocycles. The van der Waals surface area contributed by atoms with Gasteiger partial charge in [-0.1, -0.05) is 6.07 Å². The summed E-state index contributed by atoms with van der Waals surface area (Å²) < 4.78 is 47.5. The summed E-state index contributed by atoms with van der Waals surface area (Å²) in [6, 6.07) is 6.19. The number of alkyl halides is 2. The molecule has 0 aliphatic rings. The third-order valence-electron chi connectivity index (χ3n) is 3.54. The number of hydrogen-bond donors (Lipinski definition) is 1. The van der Waals surface area contributed by atoms with E-state index in [9.17, 15) is 21.6 Å². The summed E-state index contributed by atoms with van der Waals surface area (Å²) in [6.45, 7) is -0.271. The van der Waals surface area contributed by atoms with Gasteiger partial charge in [-0.05, 0) is 18.2 Å². The second-order valence-corrected chi connectivity index (χ2v) is 11.0. The van der Waals surface area contributed by atoms with E-state index in [2.05, 4.69) is 0 Å². The van der Waals surface area contributed by atoms with Gasteiger partial charge in [0, 0.05) is 36.1 Å². The van der Waals surface area contributed by atoms with Crippen LogP contribution in [0.3, 0.4) is 0 Å². The lowest BCUT2D eigenvalue weighted by molar-refractivity contribution is 0.0775. The van der Waals surface area contributed by atoms with E-state index in [0.29, 0.717) is 5.69 Å². The summed E-state index contributed by atoms with van der Waals surface area (Å²) in [5, 5.41) is 0. The first-order chi connectivity index (χ1) is 12.1. The fourth-order valence-corrected chi connectivity index (χ4v) is 5.39. The number of carbonyl (C=O) groups excluding carboxylic acids is 1. The van der Waals surface area contributed by atoms with Crippen molar-refractivity contribution in [1.29, 1.82) is 0 Å². The molecule has 0 spiro atoms. The molecule has 0 saturated heterocycles. The molecule has 1 amide bonds. The van der Waals surface area contributed by atoms with Crippen LogP contribution < -0.4 is 5.73 Å². The first-order valence-electron chi connectivity index (χ1n) is 7.78. The first kappa shape index (κ1) is 23.0. The highest BCUT2D eigenvalue weighted by molar-refractivity contribution is 7.91. The summed E-state index contributed by atoms with van der Waals surface area (Å²) in [4.78, 5) is 13.9. The number of rotatable bonds is 11.